The predicted molar refractivity (Wildman–Crippen MR) is 66.0 cm³/mol. The minimum atomic E-state index is 0.00446. The quantitative estimate of drug-likeness (QED) is 0.898. The topological polar surface area (TPSA) is 77.8 Å². The molecular weight excluding hydrogens is 236 g/mol. The van der Waals surface area contributed by atoms with Gasteiger partial charge < -0.3 is 10.3 Å². The van der Waals surface area contributed by atoms with Gasteiger partial charge in [0, 0.05) is 11.4 Å². The summed E-state index contributed by atoms with van der Waals surface area (Å²) in [5, 5.41) is 7.01. The van der Waals surface area contributed by atoms with Gasteiger partial charge in [-0.3, -0.25) is 0 Å². The maximum absolute atomic E-state index is 5.79. The second-order valence-electron chi connectivity index (χ2n) is 4.23. The number of aryl methyl sites for hydroxylation is 1. The zero-order valence-corrected chi connectivity index (χ0v) is 11.0. The molecule has 0 fully saturated rings. The standard InChI is InChI=1S/C11H16N4OS/c1-6(7(2)12)11-14-10(15-16-11)4-9-5-17-8(3)13-9/h5-7H,4,12H2,1-3H3. The predicted octanol–water partition coefficient (Wildman–Crippen LogP) is 1.88. The first-order chi connectivity index (χ1) is 8.06. The van der Waals surface area contributed by atoms with E-state index >= 15 is 0 Å². The monoisotopic (exact) mass is 252 g/mol. The fourth-order valence-corrected chi connectivity index (χ4v) is 2.01. The fraction of sp³-hybridized carbons (Fsp3) is 0.545. The van der Waals surface area contributed by atoms with Crippen LogP contribution in [0, 0.1) is 6.92 Å². The number of aromatic nitrogens is 3. The van der Waals surface area contributed by atoms with E-state index in [1.54, 1.807) is 11.3 Å². The van der Waals surface area contributed by atoms with Gasteiger partial charge in [0.05, 0.1) is 23.0 Å². The van der Waals surface area contributed by atoms with Crippen LogP contribution in [0.1, 0.15) is 42.2 Å². The highest BCUT2D eigenvalue weighted by Crippen LogP contribution is 2.17. The number of nitrogens with two attached hydrogens (primary N) is 1. The molecule has 0 aromatic carbocycles. The smallest absolute Gasteiger partial charge is 0.231 e. The Hall–Kier alpha value is -1.27. The summed E-state index contributed by atoms with van der Waals surface area (Å²) < 4.78 is 5.20. The second-order valence-corrected chi connectivity index (χ2v) is 5.29. The molecular formula is C11H16N4OS. The van der Waals surface area contributed by atoms with Crippen LogP contribution in [0.4, 0.5) is 0 Å². The van der Waals surface area contributed by atoms with Crippen molar-refractivity contribution in [2.75, 3.05) is 0 Å². The third-order valence-electron chi connectivity index (χ3n) is 2.67. The van der Waals surface area contributed by atoms with Gasteiger partial charge >= 0.3 is 0 Å². The summed E-state index contributed by atoms with van der Waals surface area (Å²) in [6, 6.07) is 0.00446. The van der Waals surface area contributed by atoms with E-state index in [0.717, 1.165) is 10.7 Å². The summed E-state index contributed by atoms with van der Waals surface area (Å²) >= 11 is 1.62. The van der Waals surface area contributed by atoms with Gasteiger partial charge in [0.1, 0.15) is 0 Å². The Balaban J connectivity index is 2.08. The molecule has 0 bridgehead atoms. The fourth-order valence-electron chi connectivity index (χ4n) is 1.40. The molecule has 0 saturated heterocycles. The normalized spacial score (nSPS) is 14.8. The maximum atomic E-state index is 5.79. The van der Waals surface area contributed by atoms with E-state index < -0.39 is 0 Å². The summed E-state index contributed by atoms with van der Waals surface area (Å²) in [5.41, 5.74) is 6.77. The van der Waals surface area contributed by atoms with Gasteiger partial charge in [-0.2, -0.15) is 4.98 Å². The van der Waals surface area contributed by atoms with Crippen LogP contribution in [0.3, 0.4) is 0 Å². The Kier molecular flexibility index (Phi) is 3.54. The summed E-state index contributed by atoms with van der Waals surface area (Å²) in [6.45, 7) is 5.89. The highest BCUT2D eigenvalue weighted by molar-refractivity contribution is 7.09. The number of hydrogen-bond acceptors (Lipinski definition) is 6. The maximum Gasteiger partial charge on any atom is 0.231 e. The minimum absolute atomic E-state index is 0.00446. The Labute approximate surface area is 104 Å². The van der Waals surface area contributed by atoms with Crippen molar-refractivity contribution in [2.24, 2.45) is 5.73 Å². The van der Waals surface area contributed by atoms with E-state index in [4.69, 9.17) is 10.3 Å². The molecule has 6 heteroatoms. The molecule has 5 nitrogen and oxygen atoms in total. The van der Waals surface area contributed by atoms with Crippen LogP contribution >= 0.6 is 11.3 Å². The summed E-state index contributed by atoms with van der Waals surface area (Å²) in [6.07, 6.45) is 0.611. The minimum Gasteiger partial charge on any atom is -0.339 e. The lowest BCUT2D eigenvalue weighted by Gasteiger charge is -2.09. The molecule has 0 saturated carbocycles. The van der Waals surface area contributed by atoms with Gasteiger partial charge in [0.2, 0.25) is 5.89 Å². The van der Waals surface area contributed by atoms with E-state index in [1.165, 1.54) is 0 Å². The molecule has 2 aromatic rings. The first-order valence-corrected chi connectivity index (χ1v) is 6.43. The zero-order chi connectivity index (χ0) is 12.4. The van der Waals surface area contributed by atoms with Crippen LogP contribution in [0.5, 0.6) is 0 Å². The number of thiazole rings is 1. The van der Waals surface area contributed by atoms with Gasteiger partial charge in [0.15, 0.2) is 5.82 Å². The van der Waals surface area contributed by atoms with Crippen LogP contribution in [0.15, 0.2) is 9.90 Å². The molecule has 0 aliphatic heterocycles. The van der Waals surface area contributed by atoms with Gasteiger partial charge in [-0.1, -0.05) is 12.1 Å². The van der Waals surface area contributed by atoms with Crippen molar-refractivity contribution < 1.29 is 4.52 Å². The third-order valence-corrected chi connectivity index (χ3v) is 3.49. The van der Waals surface area contributed by atoms with E-state index in [-0.39, 0.29) is 12.0 Å². The first kappa shape index (κ1) is 12.2. The average molecular weight is 252 g/mol. The van der Waals surface area contributed by atoms with Crippen LogP contribution < -0.4 is 5.73 Å². The molecule has 2 aromatic heterocycles. The van der Waals surface area contributed by atoms with Crippen LogP contribution in [0.2, 0.25) is 0 Å². The molecule has 0 aliphatic rings. The summed E-state index contributed by atoms with van der Waals surface area (Å²) in [7, 11) is 0. The van der Waals surface area contributed by atoms with Crippen molar-refractivity contribution in [3.05, 3.63) is 27.8 Å². The molecule has 17 heavy (non-hydrogen) atoms. The highest BCUT2D eigenvalue weighted by atomic mass is 32.1. The Bertz CT molecular complexity index is 491. The van der Waals surface area contributed by atoms with E-state index in [9.17, 15) is 0 Å². The average Bonchev–Trinajstić information content (AvgIpc) is 2.87. The van der Waals surface area contributed by atoms with Crippen molar-refractivity contribution in [1.29, 1.82) is 0 Å². The molecule has 0 spiro atoms. The third kappa shape index (κ3) is 2.89. The summed E-state index contributed by atoms with van der Waals surface area (Å²) in [5.74, 6) is 1.34. The SMILES string of the molecule is Cc1nc(Cc2noc(C(C)C(C)N)n2)cs1. The van der Waals surface area contributed by atoms with Gasteiger partial charge in [-0.15, -0.1) is 11.3 Å². The first-order valence-electron chi connectivity index (χ1n) is 5.55. The molecule has 2 heterocycles. The molecule has 2 N–H and O–H groups in total. The second kappa shape index (κ2) is 4.93. The lowest BCUT2D eigenvalue weighted by molar-refractivity contribution is 0.343. The number of hydrogen-bond donors (Lipinski definition) is 1. The van der Waals surface area contributed by atoms with Crippen molar-refractivity contribution in [1.82, 2.24) is 15.1 Å². The zero-order valence-electron chi connectivity index (χ0n) is 10.2. The number of nitrogens with zero attached hydrogens (tertiary/aromatic N) is 3. The molecule has 2 rings (SSSR count). The Morgan fingerprint density at radius 3 is 2.76 bits per heavy atom. The van der Waals surface area contributed by atoms with Gasteiger partial charge in [-0.25, -0.2) is 4.98 Å². The molecule has 2 atom stereocenters. The van der Waals surface area contributed by atoms with E-state index in [1.807, 2.05) is 26.2 Å². The van der Waals surface area contributed by atoms with Crippen LogP contribution in [0.25, 0.3) is 0 Å². The van der Waals surface area contributed by atoms with Crippen molar-refractivity contribution in [3.63, 3.8) is 0 Å². The van der Waals surface area contributed by atoms with E-state index in [0.29, 0.717) is 18.1 Å². The van der Waals surface area contributed by atoms with Crippen LogP contribution in [-0.2, 0) is 6.42 Å². The van der Waals surface area contributed by atoms with E-state index in [2.05, 4.69) is 15.1 Å². The molecule has 2 unspecified atom stereocenters. The molecule has 92 valence electrons. The van der Waals surface area contributed by atoms with Gasteiger partial charge in [-0.05, 0) is 13.8 Å². The van der Waals surface area contributed by atoms with Crippen molar-refractivity contribution in [2.45, 2.75) is 39.2 Å². The lowest BCUT2D eigenvalue weighted by Crippen LogP contribution is -2.22. The Morgan fingerprint density at radius 1 is 1.41 bits per heavy atom. The highest BCUT2D eigenvalue weighted by Gasteiger charge is 2.18. The van der Waals surface area contributed by atoms with Gasteiger partial charge in [0.25, 0.3) is 0 Å². The number of rotatable bonds is 4. The lowest BCUT2D eigenvalue weighted by atomic mass is 10.1. The van der Waals surface area contributed by atoms with Crippen molar-refractivity contribution in [3.8, 4) is 0 Å². The Morgan fingerprint density at radius 2 is 2.18 bits per heavy atom. The molecule has 0 amide bonds. The van der Waals surface area contributed by atoms with Crippen LogP contribution in [-0.4, -0.2) is 21.2 Å². The largest absolute Gasteiger partial charge is 0.339 e. The van der Waals surface area contributed by atoms with Crippen molar-refractivity contribution >= 4 is 11.3 Å². The molecule has 0 radical (unpaired) electrons. The molecule has 0 aliphatic carbocycles. The summed E-state index contributed by atoms with van der Waals surface area (Å²) in [4.78, 5) is 8.71.